The average molecular weight is 600 g/mol. The first-order chi connectivity index (χ1) is 20.3. The van der Waals surface area contributed by atoms with Crippen LogP contribution >= 0.6 is 11.6 Å². The van der Waals surface area contributed by atoms with Gasteiger partial charge >= 0.3 is 18.0 Å². The smallest absolute Gasteiger partial charge is 0.341 e. The molecule has 2 aromatic rings. The standard InChI is InChI=1S/C31H38ClN3O7/c1-20(10-12-26(36)41-16-6-13-35-14-17-40-18-15-35)9-11-22-28(34-31(38)33-25-8-5-4-7-24(25)32)27-23(19-42-30(27)37)21(2)29(22)39-3/h4-5,7-9H,6,10-19H2,1-3H3,(H2,33,34,38). The summed E-state index contributed by atoms with van der Waals surface area (Å²) in [5.74, 6) is -0.192. The van der Waals surface area contributed by atoms with Gasteiger partial charge in [-0.15, -0.1) is 0 Å². The number of methoxy groups -OCH3 is 1. The first-order valence-electron chi connectivity index (χ1n) is 14.1. The van der Waals surface area contributed by atoms with Crippen LogP contribution in [0.4, 0.5) is 16.2 Å². The van der Waals surface area contributed by atoms with Crippen molar-refractivity contribution in [2.45, 2.75) is 46.1 Å². The number of nitrogens with one attached hydrogen (secondary N) is 2. The lowest BCUT2D eigenvalue weighted by Gasteiger charge is -2.26. The summed E-state index contributed by atoms with van der Waals surface area (Å²) in [6.07, 6.45) is 3.89. The van der Waals surface area contributed by atoms with E-state index in [4.69, 9.17) is 30.5 Å². The summed E-state index contributed by atoms with van der Waals surface area (Å²) in [7, 11) is 1.55. The molecule has 0 bridgehead atoms. The Balaban J connectivity index is 1.42. The highest BCUT2D eigenvalue weighted by molar-refractivity contribution is 6.33. The maximum Gasteiger partial charge on any atom is 0.341 e. The van der Waals surface area contributed by atoms with E-state index in [0.717, 1.165) is 50.4 Å². The van der Waals surface area contributed by atoms with Crippen LogP contribution in [0.25, 0.3) is 0 Å². The Hall–Kier alpha value is -3.60. The van der Waals surface area contributed by atoms with Gasteiger partial charge in [-0.3, -0.25) is 9.69 Å². The SMILES string of the molecule is COc1c(C)c2c(c(NC(=O)Nc3ccccc3Cl)c1CC=C(C)CCC(=O)OCCCN1CCOCC1)C(=O)OC2. The van der Waals surface area contributed by atoms with Crippen LogP contribution in [0, 0.1) is 6.92 Å². The third-order valence-electron chi connectivity index (χ3n) is 7.40. The van der Waals surface area contributed by atoms with Crippen LogP contribution in [0.1, 0.15) is 53.2 Å². The minimum atomic E-state index is -0.561. The summed E-state index contributed by atoms with van der Waals surface area (Å²) in [6, 6.07) is 6.30. The van der Waals surface area contributed by atoms with Crippen molar-refractivity contribution in [2.75, 3.05) is 57.2 Å². The van der Waals surface area contributed by atoms with Gasteiger partial charge in [0.2, 0.25) is 0 Å². The quantitative estimate of drug-likeness (QED) is 0.187. The zero-order chi connectivity index (χ0) is 30.1. The van der Waals surface area contributed by atoms with Crippen molar-refractivity contribution in [3.05, 3.63) is 63.2 Å². The molecule has 42 heavy (non-hydrogen) atoms. The van der Waals surface area contributed by atoms with Crippen molar-refractivity contribution in [3.8, 4) is 5.75 Å². The Morgan fingerprint density at radius 1 is 1.14 bits per heavy atom. The number of allylic oxidation sites excluding steroid dienone is 2. The Morgan fingerprint density at radius 3 is 2.64 bits per heavy atom. The molecule has 2 amide bonds. The lowest BCUT2D eigenvalue weighted by atomic mass is 9.93. The molecule has 10 nitrogen and oxygen atoms in total. The van der Waals surface area contributed by atoms with Gasteiger partial charge in [0.1, 0.15) is 12.4 Å². The van der Waals surface area contributed by atoms with Gasteiger partial charge in [0.25, 0.3) is 0 Å². The largest absolute Gasteiger partial charge is 0.496 e. The van der Waals surface area contributed by atoms with Crippen LogP contribution in [0.5, 0.6) is 5.75 Å². The molecular weight excluding hydrogens is 562 g/mol. The summed E-state index contributed by atoms with van der Waals surface area (Å²) in [6.45, 7) is 8.50. The van der Waals surface area contributed by atoms with E-state index < -0.39 is 12.0 Å². The number of carbonyl (C=O) groups is 3. The number of benzene rings is 2. The second-order valence-electron chi connectivity index (χ2n) is 10.3. The molecule has 0 spiro atoms. The molecule has 4 rings (SSSR count). The zero-order valence-electron chi connectivity index (χ0n) is 24.3. The van der Waals surface area contributed by atoms with Gasteiger partial charge in [-0.25, -0.2) is 9.59 Å². The van der Waals surface area contributed by atoms with E-state index in [1.54, 1.807) is 31.4 Å². The van der Waals surface area contributed by atoms with Crippen LogP contribution < -0.4 is 15.4 Å². The lowest BCUT2D eigenvalue weighted by molar-refractivity contribution is -0.143. The summed E-state index contributed by atoms with van der Waals surface area (Å²) in [5, 5.41) is 5.96. The van der Waals surface area contributed by atoms with Gasteiger partial charge in [-0.05, 0) is 50.8 Å². The molecule has 2 aromatic carbocycles. The van der Waals surface area contributed by atoms with Crippen molar-refractivity contribution in [3.63, 3.8) is 0 Å². The number of rotatable bonds is 12. The molecule has 0 aliphatic carbocycles. The highest BCUT2D eigenvalue weighted by Crippen LogP contribution is 2.41. The Labute approximate surface area is 251 Å². The zero-order valence-corrected chi connectivity index (χ0v) is 25.1. The average Bonchev–Trinajstić information content (AvgIpc) is 3.38. The number of morpholine rings is 1. The normalized spacial score (nSPS) is 15.1. The Kier molecular flexibility index (Phi) is 11.2. The summed E-state index contributed by atoms with van der Waals surface area (Å²) in [4.78, 5) is 40.4. The van der Waals surface area contributed by atoms with Gasteiger partial charge in [0.05, 0.1) is 48.9 Å². The molecule has 2 N–H and O–H groups in total. The lowest BCUT2D eigenvalue weighted by Crippen LogP contribution is -2.37. The maximum atomic E-state index is 13.0. The molecule has 2 aliphatic rings. The molecule has 2 aliphatic heterocycles. The minimum Gasteiger partial charge on any atom is -0.496 e. The fourth-order valence-electron chi connectivity index (χ4n) is 5.07. The molecule has 2 heterocycles. The number of hydrogen-bond acceptors (Lipinski definition) is 8. The van der Waals surface area contributed by atoms with Crippen molar-refractivity contribution < 1.29 is 33.3 Å². The van der Waals surface area contributed by atoms with Crippen molar-refractivity contribution in [1.82, 2.24) is 4.90 Å². The molecule has 1 saturated heterocycles. The second-order valence-corrected chi connectivity index (χ2v) is 10.7. The van der Waals surface area contributed by atoms with E-state index >= 15 is 0 Å². The third kappa shape index (κ3) is 8.02. The van der Waals surface area contributed by atoms with Crippen molar-refractivity contribution in [1.29, 1.82) is 0 Å². The van der Waals surface area contributed by atoms with Crippen LogP contribution in [-0.2, 0) is 32.0 Å². The number of amides is 2. The third-order valence-corrected chi connectivity index (χ3v) is 7.73. The van der Waals surface area contributed by atoms with E-state index in [0.29, 0.717) is 58.3 Å². The topological polar surface area (TPSA) is 115 Å². The number of para-hydroxylation sites is 1. The number of hydrogen-bond donors (Lipinski definition) is 2. The number of carbonyl (C=O) groups excluding carboxylic acids is 3. The van der Waals surface area contributed by atoms with Gasteiger partial charge in [0.15, 0.2) is 0 Å². The predicted octanol–water partition coefficient (Wildman–Crippen LogP) is 5.51. The fraction of sp³-hybridized carbons (Fsp3) is 0.452. The highest BCUT2D eigenvalue weighted by Gasteiger charge is 2.32. The van der Waals surface area contributed by atoms with Crippen molar-refractivity contribution >= 4 is 40.9 Å². The van der Waals surface area contributed by atoms with E-state index in [1.165, 1.54) is 0 Å². The van der Waals surface area contributed by atoms with Gasteiger partial charge < -0.3 is 29.6 Å². The fourth-order valence-corrected chi connectivity index (χ4v) is 5.25. The molecule has 1 fully saturated rings. The molecule has 0 saturated carbocycles. The molecule has 0 unspecified atom stereocenters. The molecule has 0 radical (unpaired) electrons. The highest BCUT2D eigenvalue weighted by atomic mass is 35.5. The summed E-state index contributed by atoms with van der Waals surface area (Å²) < 4.78 is 21.8. The minimum absolute atomic E-state index is 0.0981. The first kappa shape index (κ1) is 31.3. The van der Waals surface area contributed by atoms with Crippen LogP contribution in [0.2, 0.25) is 5.02 Å². The molecule has 11 heteroatoms. The number of anilines is 2. The number of ether oxygens (including phenoxy) is 4. The Bertz CT molecular complexity index is 1340. The Morgan fingerprint density at radius 2 is 1.90 bits per heavy atom. The number of halogens is 1. The van der Waals surface area contributed by atoms with E-state index in [9.17, 15) is 14.4 Å². The number of cyclic esters (lactones) is 1. The predicted molar refractivity (Wildman–Crippen MR) is 160 cm³/mol. The van der Waals surface area contributed by atoms with Gasteiger partial charge in [0, 0.05) is 37.2 Å². The molecule has 226 valence electrons. The van der Waals surface area contributed by atoms with Gasteiger partial charge in [-0.2, -0.15) is 0 Å². The van der Waals surface area contributed by atoms with Crippen molar-refractivity contribution in [2.24, 2.45) is 0 Å². The number of esters is 2. The van der Waals surface area contributed by atoms with Crippen LogP contribution in [-0.4, -0.2) is 69.4 Å². The number of nitrogens with zero attached hydrogens (tertiary/aromatic N) is 1. The summed E-state index contributed by atoms with van der Waals surface area (Å²) in [5.41, 5.74) is 4.11. The molecule has 0 aromatic heterocycles. The second kappa shape index (κ2) is 15.0. The molecule has 0 atom stereocenters. The van der Waals surface area contributed by atoms with Gasteiger partial charge in [-0.1, -0.05) is 35.4 Å². The maximum absolute atomic E-state index is 13.0. The van der Waals surface area contributed by atoms with E-state index in [-0.39, 0.29) is 19.0 Å². The molecular formula is C31H38ClN3O7. The number of fused-ring (bicyclic) bond motifs is 1. The first-order valence-corrected chi connectivity index (χ1v) is 14.5. The van der Waals surface area contributed by atoms with Crippen LogP contribution in [0.3, 0.4) is 0 Å². The van der Waals surface area contributed by atoms with Crippen LogP contribution in [0.15, 0.2) is 35.9 Å². The monoisotopic (exact) mass is 599 g/mol. The summed E-state index contributed by atoms with van der Waals surface area (Å²) >= 11 is 6.21. The number of urea groups is 1. The van der Waals surface area contributed by atoms with E-state index in [2.05, 4.69) is 15.5 Å². The van der Waals surface area contributed by atoms with E-state index in [1.807, 2.05) is 19.9 Å².